The third-order valence-corrected chi connectivity index (χ3v) is 4.60. The van der Waals surface area contributed by atoms with Crippen LogP contribution in [-0.4, -0.2) is 0 Å². The summed E-state index contributed by atoms with van der Waals surface area (Å²) in [4.78, 5) is 0. The minimum Gasteiger partial charge on any atom is -0.206 e. The van der Waals surface area contributed by atoms with Crippen LogP contribution in [0.1, 0.15) is 11.1 Å². The fourth-order valence-corrected chi connectivity index (χ4v) is 3.55. The molecule has 0 aliphatic carbocycles. The Morgan fingerprint density at radius 2 is 1.00 bits per heavy atom. The van der Waals surface area contributed by atoms with Crippen molar-refractivity contribution in [1.82, 2.24) is 0 Å². The summed E-state index contributed by atoms with van der Waals surface area (Å²) in [7, 11) is 0. The lowest BCUT2D eigenvalue weighted by Gasteiger charge is -2.15. The summed E-state index contributed by atoms with van der Waals surface area (Å²) in [5.41, 5.74) is -1.65. The predicted molar refractivity (Wildman–Crippen MR) is 76.5 cm³/mol. The first-order chi connectivity index (χ1) is 10.8. The van der Waals surface area contributed by atoms with Gasteiger partial charge in [-0.3, -0.25) is 0 Å². The summed E-state index contributed by atoms with van der Waals surface area (Å²) >= 11 is 1.25. The minimum atomic E-state index is -2.27. The van der Waals surface area contributed by atoms with Crippen molar-refractivity contribution in [2.75, 3.05) is 0 Å². The SMILES string of the molecule is Cc1c(F)c(-c2c(F)c(F)c(F)c(F)c2F)c(C)c2cscc12. The maximum Gasteiger partial charge on any atom is 0.200 e. The fraction of sp³-hybridized carbons (Fsp3) is 0.125. The van der Waals surface area contributed by atoms with Crippen molar-refractivity contribution in [3.63, 3.8) is 0 Å². The first-order valence-electron chi connectivity index (χ1n) is 6.43. The molecular formula is C16H8F6S. The lowest BCUT2D eigenvalue weighted by atomic mass is 9.92. The van der Waals surface area contributed by atoms with Crippen molar-refractivity contribution in [3.05, 3.63) is 56.8 Å². The molecule has 0 atom stereocenters. The molecule has 3 rings (SSSR count). The highest BCUT2D eigenvalue weighted by Crippen LogP contribution is 2.40. The van der Waals surface area contributed by atoms with E-state index in [0.29, 0.717) is 10.8 Å². The third kappa shape index (κ3) is 2.06. The zero-order valence-electron chi connectivity index (χ0n) is 11.8. The van der Waals surface area contributed by atoms with Crippen molar-refractivity contribution < 1.29 is 26.3 Å². The molecule has 0 bridgehead atoms. The molecule has 0 amide bonds. The molecule has 2 aromatic carbocycles. The second kappa shape index (κ2) is 5.26. The largest absolute Gasteiger partial charge is 0.206 e. The Morgan fingerprint density at radius 1 is 0.565 bits per heavy atom. The lowest BCUT2D eigenvalue weighted by molar-refractivity contribution is 0.381. The molecule has 0 aliphatic rings. The summed E-state index contributed by atoms with van der Waals surface area (Å²) < 4.78 is 82.7. The summed E-state index contributed by atoms with van der Waals surface area (Å²) in [6, 6.07) is 0. The number of benzene rings is 2. The van der Waals surface area contributed by atoms with E-state index in [9.17, 15) is 26.3 Å². The minimum absolute atomic E-state index is 0.0887. The molecule has 0 unspecified atom stereocenters. The molecule has 0 aliphatic heterocycles. The molecule has 7 heteroatoms. The van der Waals surface area contributed by atoms with E-state index in [-0.39, 0.29) is 11.1 Å². The van der Waals surface area contributed by atoms with Gasteiger partial charge in [0.05, 0.1) is 5.56 Å². The van der Waals surface area contributed by atoms with Gasteiger partial charge in [-0.1, -0.05) is 0 Å². The van der Waals surface area contributed by atoms with Crippen molar-refractivity contribution in [3.8, 4) is 11.1 Å². The Bertz CT molecular complexity index is 928. The second-order valence-corrected chi connectivity index (χ2v) is 5.83. The van der Waals surface area contributed by atoms with Crippen LogP contribution in [0.4, 0.5) is 26.3 Å². The molecule has 0 radical (unpaired) electrons. The van der Waals surface area contributed by atoms with Crippen LogP contribution in [-0.2, 0) is 0 Å². The van der Waals surface area contributed by atoms with E-state index >= 15 is 0 Å². The molecule has 120 valence electrons. The van der Waals surface area contributed by atoms with Crippen molar-refractivity contribution in [1.29, 1.82) is 0 Å². The zero-order chi connectivity index (χ0) is 17.0. The van der Waals surface area contributed by atoms with Crippen LogP contribution in [0.5, 0.6) is 0 Å². The van der Waals surface area contributed by atoms with Crippen LogP contribution in [0.25, 0.3) is 21.9 Å². The summed E-state index contributed by atoms with van der Waals surface area (Å²) in [6.45, 7) is 2.77. The highest BCUT2D eigenvalue weighted by molar-refractivity contribution is 7.09. The van der Waals surface area contributed by atoms with E-state index in [2.05, 4.69) is 0 Å². The van der Waals surface area contributed by atoms with Gasteiger partial charge in [-0.05, 0) is 46.5 Å². The van der Waals surface area contributed by atoms with Gasteiger partial charge in [-0.2, -0.15) is 11.3 Å². The molecule has 0 saturated carbocycles. The Labute approximate surface area is 131 Å². The first-order valence-corrected chi connectivity index (χ1v) is 7.38. The molecule has 23 heavy (non-hydrogen) atoms. The van der Waals surface area contributed by atoms with Crippen LogP contribution >= 0.6 is 11.3 Å². The molecular weight excluding hydrogens is 338 g/mol. The first kappa shape index (κ1) is 15.9. The standard InChI is InChI=1S/C16H8F6S/c1-5-7-3-23-4-8(7)6(2)11(17)9(5)10-12(18)14(20)16(22)15(21)13(10)19/h3-4H,1-2H3. The average Bonchev–Trinajstić information content (AvgIpc) is 3.02. The van der Waals surface area contributed by atoms with Crippen molar-refractivity contribution >= 4 is 22.1 Å². The van der Waals surface area contributed by atoms with E-state index in [0.717, 1.165) is 0 Å². The van der Waals surface area contributed by atoms with E-state index in [1.807, 2.05) is 0 Å². The molecule has 0 spiro atoms. The van der Waals surface area contributed by atoms with Crippen LogP contribution in [0.3, 0.4) is 0 Å². The normalized spacial score (nSPS) is 11.5. The van der Waals surface area contributed by atoms with Crippen molar-refractivity contribution in [2.45, 2.75) is 13.8 Å². The van der Waals surface area contributed by atoms with Gasteiger partial charge in [-0.25, -0.2) is 26.3 Å². The number of hydrogen-bond donors (Lipinski definition) is 0. The van der Waals surface area contributed by atoms with Gasteiger partial charge in [0.15, 0.2) is 23.3 Å². The second-order valence-electron chi connectivity index (χ2n) is 5.08. The Hall–Kier alpha value is -2.02. The van der Waals surface area contributed by atoms with E-state index in [1.54, 1.807) is 10.8 Å². The van der Waals surface area contributed by atoms with Crippen LogP contribution < -0.4 is 0 Å². The number of hydrogen-bond acceptors (Lipinski definition) is 1. The fourth-order valence-electron chi connectivity index (χ4n) is 2.60. The summed E-state index contributed by atoms with van der Waals surface area (Å²) in [6.07, 6.45) is 0. The lowest BCUT2D eigenvalue weighted by Crippen LogP contribution is -2.06. The number of fused-ring (bicyclic) bond motifs is 1. The molecule has 1 aromatic heterocycles. The smallest absolute Gasteiger partial charge is 0.200 e. The van der Waals surface area contributed by atoms with Gasteiger partial charge in [0.2, 0.25) is 5.82 Å². The maximum absolute atomic E-state index is 14.6. The van der Waals surface area contributed by atoms with Crippen LogP contribution in [0.15, 0.2) is 10.8 Å². The topological polar surface area (TPSA) is 0 Å². The molecule has 0 nitrogen and oxygen atoms in total. The van der Waals surface area contributed by atoms with Crippen LogP contribution in [0.2, 0.25) is 0 Å². The summed E-state index contributed by atoms with van der Waals surface area (Å²) in [5, 5.41) is 4.33. The molecule has 1 heterocycles. The Kier molecular flexibility index (Phi) is 3.63. The van der Waals surface area contributed by atoms with E-state index < -0.39 is 46.0 Å². The number of rotatable bonds is 1. The highest BCUT2D eigenvalue weighted by atomic mass is 32.1. The number of aryl methyl sites for hydroxylation is 2. The van der Waals surface area contributed by atoms with Gasteiger partial charge in [-0.15, -0.1) is 0 Å². The highest BCUT2D eigenvalue weighted by Gasteiger charge is 2.30. The zero-order valence-corrected chi connectivity index (χ0v) is 12.6. The quantitative estimate of drug-likeness (QED) is 0.287. The predicted octanol–water partition coefficient (Wildman–Crippen LogP) is 6.02. The van der Waals surface area contributed by atoms with E-state index in [4.69, 9.17) is 0 Å². The van der Waals surface area contributed by atoms with Gasteiger partial charge >= 0.3 is 0 Å². The van der Waals surface area contributed by atoms with Gasteiger partial charge < -0.3 is 0 Å². The maximum atomic E-state index is 14.6. The number of halogens is 6. The van der Waals surface area contributed by atoms with Crippen molar-refractivity contribution in [2.24, 2.45) is 0 Å². The molecule has 3 aromatic rings. The van der Waals surface area contributed by atoms with Crippen LogP contribution in [0, 0.1) is 48.8 Å². The Balaban J connectivity index is 2.53. The monoisotopic (exact) mass is 346 g/mol. The third-order valence-electron chi connectivity index (χ3n) is 3.85. The molecule has 0 fully saturated rings. The van der Waals surface area contributed by atoms with E-state index in [1.165, 1.54) is 25.2 Å². The van der Waals surface area contributed by atoms with Gasteiger partial charge in [0.1, 0.15) is 5.82 Å². The average molecular weight is 346 g/mol. The number of thiophene rings is 1. The molecule has 0 saturated heterocycles. The van der Waals surface area contributed by atoms with Gasteiger partial charge in [0, 0.05) is 5.56 Å². The molecule has 0 N–H and O–H groups in total. The Morgan fingerprint density at radius 3 is 1.52 bits per heavy atom. The van der Waals surface area contributed by atoms with Gasteiger partial charge in [0.25, 0.3) is 0 Å². The summed E-state index contributed by atoms with van der Waals surface area (Å²) in [5.74, 6) is -11.6.